The highest BCUT2D eigenvalue weighted by atomic mass is 35.5. The topological polar surface area (TPSA) is 20.2 Å². The van der Waals surface area contributed by atoms with Crippen LogP contribution in [0.25, 0.3) is 0 Å². The molecule has 0 aliphatic rings. The van der Waals surface area contributed by atoms with Crippen molar-refractivity contribution in [3.05, 3.63) is 12.2 Å². The molecule has 0 radical (unpaired) electrons. The third-order valence-electron chi connectivity index (χ3n) is 1.20. The van der Waals surface area contributed by atoms with Gasteiger partial charge in [-0.15, -0.1) is 11.6 Å². The van der Waals surface area contributed by atoms with E-state index in [1.807, 2.05) is 0 Å². The quantitative estimate of drug-likeness (QED) is 0.361. The van der Waals surface area contributed by atoms with Crippen LogP contribution in [0.2, 0.25) is 0 Å². The summed E-state index contributed by atoms with van der Waals surface area (Å²) < 4.78 is 0. The van der Waals surface area contributed by atoms with Crippen LogP contribution in [-0.4, -0.2) is 17.6 Å². The third kappa shape index (κ3) is 7.99. The fourth-order valence-corrected chi connectivity index (χ4v) is 0.794. The normalized spacial score (nSPS) is 11.0. The van der Waals surface area contributed by atoms with Crippen LogP contribution in [0.5, 0.6) is 0 Å². The Morgan fingerprint density at radius 1 is 1.10 bits per heavy atom. The van der Waals surface area contributed by atoms with E-state index in [0.29, 0.717) is 6.61 Å². The molecular weight excluding hydrogens is 148 g/mol. The zero-order chi connectivity index (χ0) is 7.66. The number of allylic oxidation sites excluding steroid dienone is 2. The number of hydrogen-bond donors (Lipinski definition) is 1. The fraction of sp³-hybridized carbons (Fsp3) is 0.750. The molecule has 0 bridgehead atoms. The van der Waals surface area contributed by atoms with Gasteiger partial charge in [-0.05, 0) is 25.7 Å². The first kappa shape index (κ1) is 9.99. The first-order chi connectivity index (χ1) is 4.91. The predicted molar refractivity (Wildman–Crippen MR) is 45.4 cm³/mol. The van der Waals surface area contributed by atoms with Crippen LogP contribution in [-0.2, 0) is 0 Å². The standard InChI is InChI=1S/C8H15ClO/c9-7-5-3-1-2-4-6-8-10/h1-2,10H,3-8H2/b2-1-. The van der Waals surface area contributed by atoms with E-state index in [4.69, 9.17) is 16.7 Å². The number of aliphatic hydroxyl groups excluding tert-OH is 1. The van der Waals surface area contributed by atoms with Crippen LogP contribution >= 0.6 is 11.6 Å². The molecule has 0 atom stereocenters. The van der Waals surface area contributed by atoms with E-state index in [9.17, 15) is 0 Å². The predicted octanol–water partition coefficient (Wildman–Crippen LogP) is 2.33. The number of hydrogen-bond acceptors (Lipinski definition) is 1. The van der Waals surface area contributed by atoms with Crippen molar-refractivity contribution in [3.63, 3.8) is 0 Å². The van der Waals surface area contributed by atoms with Crippen LogP contribution in [0.3, 0.4) is 0 Å². The lowest BCUT2D eigenvalue weighted by molar-refractivity contribution is 0.289. The first-order valence-electron chi connectivity index (χ1n) is 3.73. The van der Waals surface area contributed by atoms with Crippen LogP contribution in [0.15, 0.2) is 12.2 Å². The van der Waals surface area contributed by atoms with Gasteiger partial charge in [0.05, 0.1) is 0 Å². The van der Waals surface area contributed by atoms with Gasteiger partial charge in [0.15, 0.2) is 0 Å². The number of rotatable bonds is 6. The second-order valence-electron chi connectivity index (χ2n) is 2.17. The van der Waals surface area contributed by atoms with Crippen molar-refractivity contribution in [1.29, 1.82) is 0 Å². The van der Waals surface area contributed by atoms with Gasteiger partial charge in [-0.2, -0.15) is 0 Å². The number of aliphatic hydroxyl groups is 1. The molecule has 0 aromatic rings. The number of alkyl halides is 1. The summed E-state index contributed by atoms with van der Waals surface area (Å²) in [5.41, 5.74) is 0. The van der Waals surface area contributed by atoms with E-state index in [-0.39, 0.29) is 0 Å². The lowest BCUT2D eigenvalue weighted by Crippen LogP contribution is -1.78. The van der Waals surface area contributed by atoms with E-state index in [0.717, 1.165) is 31.6 Å². The van der Waals surface area contributed by atoms with E-state index in [2.05, 4.69) is 12.2 Å². The van der Waals surface area contributed by atoms with Crippen molar-refractivity contribution in [3.8, 4) is 0 Å². The Morgan fingerprint density at radius 2 is 1.70 bits per heavy atom. The Bertz CT molecular complexity index is 71.3. The van der Waals surface area contributed by atoms with Gasteiger partial charge in [-0.3, -0.25) is 0 Å². The van der Waals surface area contributed by atoms with Crippen molar-refractivity contribution in [2.24, 2.45) is 0 Å². The molecule has 60 valence electrons. The lowest BCUT2D eigenvalue weighted by atomic mass is 10.2. The molecule has 0 amide bonds. The Kier molecular flexibility index (Phi) is 8.98. The van der Waals surface area contributed by atoms with Gasteiger partial charge < -0.3 is 5.11 Å². The Balaban J connectivity index is 2.89. The molecule has 0 saturated carbocycles. The van der Waals surface area contributed by atoms with E-state index >= 15 is 0 Å². The van der Waals surface area contributed by atoms with Gasteiger partial charge in [0.2, 0.25) is 0 Å². The molecule has 0 aliphatic heterocycles. The van der Waals surface area contributed by atoms with Crippen molar-refractivity contribution >= 4 is 11.6 Å². The molecule has 0 spiro atoms. The Labute approximate surface area is 67.7 Å². The van der Waals surface area contributed by atoms with Crippen molar-refractivity contribution in [2.45, 2.75) is 25.7 Å². The van der Waals surface area contributed by atoms with Crippen molar-refractivity contribution < 1.29 is 5.11 Å². The van der Waals surface area contributed by atoms with Gasteiger partial charge in [0, 0.05) is 12.5 Å². The highest BCUT2D eigenvalue weighted by Crippen LogP contribution is 1.95. The minimum absolute atomic E-state index is 0.292. The van der Waals surface area contributed by atoms with Crippen LogP contribution in [0, 0.1) is 0 Å². The average molecular weight is 163 g/mol. The van der Waals surface area contributed by atoms with E-state index < -0.39 is 0 Å². The molecular formula is C8H15ClO. The van der Waals surface area contributed by atoms with Crippen LogP contribution in [0.1, 0.15) is 25.7 Å². The zero-order valence-corrected chi connectivity index (χ0v) is 6.98. The molecule has 2 heteroatoms. The zero-order valence-electron chi connectivity index (χ0n) is 6.22. The molecule has 0 aromatic heterocycles. The molecule has 10 heavy (non-hydrogen) atoms. The van der Waals surface area contributed by atoms with Gasteiger partial charge in [-0.25, -0.2) is 0 Å². The Morgan fingerprint density at radius 3 is 2.20 bits per heavy atom. The molecule has 1 nitrogen and oxygen atoms in total. The van der Waals surface area contributed by atoms with Gasteiger partial charge in [0.25, 0.3) is 0 Å². The SMILES string of the molecule is OCCC/C=C\CCCCl. The summed E-state index contributed by atoms with van der Waals surface area (Å²) in [6.45, 7) is 0.292. The van der Waals surface area contributed by atoms with Crippen molar-refractivity contribution in [1.82, 2.24) is 0 Å². The fourth-order valence-electron chi connectivity index (χ4n) is 0.640. The maximum Gasteiger partial charge on any atom is 0.0433 e. The molecule has 1 N–H and O–H groups in total. The van der Waals surface area contributed by atoms with Gasteiger partial charge in [0.1, 0.15) is 0 Å². The molecule has 0 aliphatic carbocycles. The highest BCUT2D eigenvalue weighted by Gasteiger charge is 1.80. The second-order valence-corrected chi connectivity index (χ2v) is 2.55. The van der Waals surface area contributed by atoms with Crippen LogP contribution in [0.4, 0.5) is 0 Å². The van der Waals surface area contributed by atoms with E-state index in [1.54, 1.807) is 0 Å². The number of unbranched alkanes of at least 4 members (excludes halogenated alkanes) is 2. The van der Waals surface area contributed by atoms with Gasteiger partial charge in [-0.1, -0.05) is 12.2 Å². The third-order valence-corrected chi connectivity index (χ3v) is 1.47. The molecule has 0 saturated heterocycles. The lowest BCUT2D eigenvalue weighted by Gasteiger charge is -1.88. The largest absolute Gasteiger partial charge is 0.396 e. The van der Waals surface area contributed by atoms with Crippen LogP contribution < -0.4 is 0 Å². The molecule has 0 heterocycles. The summed E-state index contributed by atoms with van der Waals surface area (Å²) >= 11 is 5.47. The van der Waals surface area contributed by atoms with Crippen molar-refractivity contribution in [2.75, 3.05) is 12.5 Å². The minimum atomic E-state index is 0.292. The summed E-state index contributed by atoms with van der Waals surface area (Å²) in [7, 11) is 0. The Hall–Kier alpha value is -0.0100. The smallest absolute Gasteiger partial charge is 0.0433 e. The summed E-state index contributed by atoms with van der Waals surface area (Å²) in [5.74, 6) is 0.740. The van der Waals surface area contributed by atoms with Gasteiger partial charge >= 0.3 is 0 Å². The van der Waals surface area contributed by atoms with E-state index in [1.165, 1.54) is 0 Å². The maximum absolute atomic E-state index is 8.41. The molecule has 0 unspecified atom stereocenters. The highest BCUT2D eigenvalue weighted by molar-refractivity contribution is 6.17. The summed E-state index contributed by atoms with van der Waals surface area (Å²) in [5, 5.41) is 8.41. The maximum atomic E-state index is 8.41. The molecule has 0 fully saturated rings. The second kappa shape index (κ2) is 8.99. The molecule has 0 aromatic carbocycles. The monoisotopic (exact) mass is 162 g/mol. The number of halogens is 1. The summed E-state index contributed by atoms with van der Waals surface area (Å²) in [6.07, 6.45) is 8.20. The summed E-state index contributed by atoms with van der Waals surface area (Å²) in [6, 6.07) is 0. The average Bonchev–Trinajstić information content (AvgIpc) is 1.97. The molecule has 0 rings (SSSR count). The minimum Gasteiger partial charge on any atom is -0.396 e. The summed E-state index contributed by atoms with van der Waals surface area (Å²) in [4.78, 5) is 0. The first-order valence-corrected chi connectivity index (χ1v) is 4.27.